The number of nitrogens with zero attached hydrogens (tertiary/aromatic N) is 5. The molecule has 0 bridgehead atoms. The first kappa shape index (κ1) is 26.1. The summed E-state index contributed by atoms with van der Waals surface area (Å²) in [4.78, 5) is 15.1. The van der Waals surface area contributed by atoms with E-state index in [0.717, 1.165) is 39.0 Å². The maximum Gasteiger partial charge on any atom is 0.238 e. The van der Waals surface area contributed by atoms with Gasteiger partial charge in [-0.05, 0) is 36.4 Å². The molecule has 0 amide bonds. The summed E-state index contributed by atoms with van der Waals surface area (Å²) in [6.45, 7) is 0. The van der Waals surface area contributed by atoms with Crippen LogP contribution in [0.15, 0.2) is 164 Å². The van der Waals surface area contributed by atoms with Gasteiger partial charge in [-0.3, -0.25) is 4.57 Å². The number of benzene rings is 6. The predicted molar refractivity (Wildman–Crippen MR) is 187 cm³/mol. The van der Waals surface area contributed by atoms with E-state index in [-0.39, 0.29) is 0 Å². The zero-order chi connectivity index (χ0) is 30.5. The molecule has 3 heterocycles. The molecule has 46 heavy (non-hydrogen) atoms. The van der Waals surface area contributed by atoms with E-state index in [0.29, 0.717) is 17.6 Å². The molecule has 0 aliphatic rings. The maximum atomic E-state index is 5.10. The van der Waals surface area contributed by atoms with Crippen molar-refractivity contribution in [3.63, 3.8) is 0 Å². The van der Waals surface area contributed by atoms with Crippen LogP contribution in [-0.4, -0.2) is 24.1 Å². The third-order valence-corrected chi connectivity index (χ3v) is 8.58. The van der Waals surface area contributed by atoms with Crippen LogP contribution in [0.1, 0.15) is 0 Å². The predicted octanol–water partition coefficient (Wildman–Crippen LogP) is 9.91. The maximum absolute atomic E-state index is 5.10. The summed E-state index contributed by atoms with van der Waals surface area (Å²) < 4.78 is 4.52. The molecule has 0 spiro atoms. The zero-order valence-electron chi connectivity index (χ0n) is 24.8. The van der Waals surface area contributed by atoms with Gasteiger partial charge in [-0.2, -0.15) is 9.97 Å². The normalized spacial score (nSPS) is 11.5. The van der Waals surface area contributed by atoms with Crippen molar-refractivity contribution in [2.45, 2.75) is 0 Å². The Morgan fingerprint density at radius 1 is 0.370 bits per heavy atom. The number of para-hydroxylation sites is 3. The molecule has 0 saturated heterocycles. The molecular formula is C41H27N5. The molecular weight excluding hydrogens is 562 g/mol. The van der Waals surface area contributed by atoms with Crippen LogP contribution >= 0.6 is 0 Å². The molecule has 0 aliphatic carbocycles. The van der Waals surface area contributed by atoms with Gasteiger partial charge in [0.1, 0.15) is 0 Å². The van der Waals surface area contributed by atoms with Crippen LogP contribution in [0.4, 0.5) is 0 Å². The van der Waals surface area contributed by atoms with Gasteiger partial charge < -0.3 is 4.57 Å². The molecule has 0 unspecified atom stereocenters. The largest absolute Gasteiger partial charge is 0.309 e. The van der Waals surface area contributed by atoms with Crippen molar-refractivity contribution in [1.29, 1.82) is 0 Å². The van der Waals surface area contributed by atoms with E-state index in [9.17, 15) is 0 Å². The number of rotatable bonds is 5. The average molecular weight is 590 g/mol. The highest BCUT2D eigenvalue weighted by Crippen LogP contribution is 2.36. The summed E-state index contributed by atoms with van der Waals surface area (Å²) >= 11 is 0. The van der Waals surface area contributed by atoms with Crippen molar-refractivity contribution in [2.75, 3.05) is 0 Å². The topological polar surface area (TPSA) is 48.5 Å². The molecule has 6 aromatic carbocycles. The molecule has 0 radical (unpaired) electrons. The van der Waals surface area contributed by atoms with E-state index in [1.165, 1.54) is 21.8 Å². The first-order valence-corrected chi connectivity index (χ1v) is 15.4. The fourth-order valence-corrected chi connectivity index (χ4v) is 6.49. The lowest BCUT2D eigenvalue weighted by molar-refractivity contribution is 0.938. The van der Waals surface area contributed by atoms with Crippen LogP contribution in [0.2, 0.25) is 0 Å². The van der Waals surface area contributed by atoms with Crippen molar-refractivity contribution in [1.82, 2.24) is 24.1 Å². The average Bonchev–Trinajstić information content (AvgIpc) is 3.69. The number of hydrogen-bond donors (Lipinski definition) is 0. The summed E-state index contributed by atoms with van der Waals surface area (Å²) in [5, 5.41) is 3.59. The second-order valence-electron chi connectivity index (χ2n) is 11.4. The van der Waals surface area contributed by atoms with Crippen molar-refractivity contribution < 1.29 is 0 Å². The highest BCUT2D eigenvalue weighted by molar-refractivity contribution is 6.09. The molecule has 0 fully saturated rings. The van der Waals surface area contributed by atoms with Crippen LogP contribution in [0.3, 0.4) is 0 Å². The van der Waals surface area contributed by atoms with E-state index in [1.54, 1.807) is 0 Å². The second kappa shape index (κ2) is 10.7. The van der Waals surface area contributed by atoms with Crippen LogP contribution in [-0.2, 0) is 0 Å². The van der Waals surface area contributed by atoms with Crippen molar-refractivity contribution in [3.05, 3.63) is 164 Å². The lowest BCUT2D eigenvalue weighted by Gasteiger charge is -2.14. The fourth-order valence-electron chi connectivity index (χ4n) is 6.49. The highest BCUT2D eigenvalue weighted by atomic mass is 15.2. The van der Waals surface area contributed by atoms with Gasteiger partial charge in [-0.15, -0.1) is 0 Å². The minimum Gasteiger partial charge on any atom is -0.309 e. The number of fused-ring (bicyclic) bond motifs is 4. The zero-order valence-corrected chi connectivity index (χ0v) is 24.8. The Kier molecular flexibility index (Phi) is 6.06. The van der Waals surface area contributed by atoms with Crippen LogP contribution < -0.4 is 0 Å². The molecule has 3 aromatic heterocycles. The first-order chi connectivity index (χ1) is 22.8. The van der Waals surface area contributed by atoms with E-state index < -0.39 is 0 Å². The monoisotopic (exact) mass is 589 g/mol. The van der Waals surface area contributed by atoms with E-state index >= 15 is 0 Å². The fraction of sp³-hybridized carbons (Fsp3) is 0. The summed E-state index contributed by atoms with van der Waals surface area (Å²) in [6.07, 6.45) is 0. The van der Waals surface area contributed by atoms with Gasteiger partial charge in [0.05, 0.1) is 22.2 Å². The van der Waals surface area contributed by atoms with E-state index in [1.807, 2.05) is 60.7 Å². The van der Waals surface area contributed by atoms with Crippen molar-refractivity contribution in [2.24, 2.45) is 0 Å². The third-order valence-electron chi connectivity index (χ3n) is 8.58. The summed E-state index contributed by atoms with van der Waals surface area (Å²) in [7, 11) is 0. The van der Waals surface area contributed by atoms with Gasteiger partial charge >= 0.3 is 0 Å². The Hall–Kier alpha value is -6.33. The van der Waals surface area contributed by atoms with E-state index in [4.69, 9.17) is 15.0 Å². The smallest absolute Gasteiger partial charge is 0.238 e. The number of aromatic nitrogens is 5. The van der Waals surface area contributed by atoms with Gasteiger partial charge in [-0.25, -0.2) is 4.98 Å². The molecule has 5 heteroatoms. The first-order valence-electron chi connectivity index (χ1n) is 15.4. The van der Waals surface area contributed by atoms with Crippen molar-refractivity contribution >= 4 is 32.7 Å². The van der Waals surface area contributed by atoms with Crippen LogP contribution in [0, 0.1) is 0 Å². The highest BCUT2D eigenvalue weighted by Gasteiger charge is 2.19. The minimum atomic E-state index is 0.575. The Morgan fingerprint density at radius 3 is 1.52 bits per heavy atom. The summed E-state index contributed by atoms with van der Waals surface area (Å²) in [6, 6.07) is 56.8. The second-order valence-corrected chi connectivity index (χ2v) is 11.4. The summed E-state index contributed by atoms with van der Waals surface area (Å²) in [5.41, 5.74) is 8.44. The molecule has 9 rings (SSSR count). The molecule has 5 nitrogen and oxygen atoms in total. The number of hydrogen-bond acceptors (Lipinski definition) is 3. The van der Waals surface area contributed by atoms with Crippen LogP contribution in [0.5, 0.6) is 0 Å². The van der Waals surface area contributed by atoms with Gasteiger partial charge in [0.15, 0.2) is 11.6 Å². The van der Waals surface area contributed by atoms with Crippen molar-refractivity contribution in [3.8, 4) is 45.7 Å². The van der Waals surface area contributed by atoms with Gasteiger partial charge in [0.2, 0.25) is 5.95 Å². The Labute approximate surface area is 265 Å². The molecule has 9 aromatic rings. The SMILES string of the molecule is c1ccc(-c2nc(-c3ccccc3)nc(-n3c(-c4cccc(-n5c6ccccc6c6ccccc65)c4)cc4ccccc43)n2)cc1. The summed E-state index contributed by atoms with van der Waals surface area (Å²) in [5.74, 6) is 1.84. The third kappa shape index (κ3) is 4.29. The molecule has 0 atom stereocenters. The van der Waals surface area contributed by atoms with Gasteiger partial charge in [0.25, 0.3) is 0 Å². The van der Waals surface area contributed by atoms with E-state index in [2.05, 4.69) is 112 Å². The lowest BCUT2D eigenvalue weighted by Crippen LogP contribution is -2.07. The quantitative estimate of drug-likeness (QED) is 0.201. The molecule has 0 saturated carbocycles. The minimum absolute atomic E-state index is 0.575. The standard InChI is InChI=1S/C41H27N5/c1-3-14-28(15-4-1)39-42-40(29-16-5-2-6-17-29)44-41(43-39)46-35-23-10-7-18-31(35)27-38(46)30-19-13-20-32(26-30)45-36-24-11-8-21-33(36)34-22-9-12-25-37(34)45/h1-27H. The molecule has 216 valence electrons. The van der Waals surface area contributed by atoms with Crippen LogP contribution in [0.25, 0.3) is 78.4 Å². The molecule has 0 aliphatic heterocycles. The molecule has 0 N–H and O–H groups in total. The van der Waals surface area contributed by atoms with Gasteiger partial charge in [-0.1, -0.05) is 127 Å². The van der Waals surface area contributed by atoms with Gasteiger partial charge in [0, 0.05) is 38.5 Å². The Morgan fingerprint density at radius 2 is 0.891 bits per heavy atom. The lowest BCUT2D eigenvalue weighted by atomic mass is 10.1. The Balaban J connectivity index is 1.29. The Bertz CT molecular complexity index is 2420.